The molecule has 1 N–H and O–H groups in total. The van der Waals surface area contributed by atoms with E-state index in [2.05, 4.69) is 5.32 Å². The quantitative estimate of drug-likeness (QED) is 0.866. The molecule has 1 amide bonds. The van der Waals surface area contributed by atoms with Crippen molar-refractivity contribution < 1.29 is 22.7 Å². The van der Waals surface area contributed by atoms with Crippen molar-refractivity contribution in [2.45, 2.75) is 25.1 Å². The lowest BCUT2D eigenvalue weighted by Crippen LogP contribution is -2.51. The van der Waals surface area contributed by atoms with E-state index in [-0.39, 0.29) is 19.1 Å². The monoisotopic (exact) mass is 314 g/mol. The van der Waals surface area contributed by atoms with E-state index >= 15 is 0 Å². The van der Waals surface area contributed by atoms with Crippen molar-refractivity contribution in [1.29, 1.82) is 0 Å². The number of amides is 1. The maximum absolute atomic E-state index is 12.8. The van der Waals surface area contributed by atoms with E-state index in [1.165, 1.54) is 4.90 Å². The van der Waals surface area contributed by atoms with Crippen LogP contribution in [0.5, 0.6) is 0 Å². The number of hydrogen-bond acceptors (Lipinski definition) is 3. The zero-order valence-electron chi connectivity index (χ0n) is 11.9. The molecule has 2 heterocycles. The predicted molar refractivity (Wildman–Crippen MR) is 75.0 cm³/mol. The molecule has 0 bridgehead atoms. The number of anilines is 1. The number of carbonyl (C=O) groups excluding carboxylic acids is 1. The van der Waals surface area contributed by atoms with Gasteiger partial charge in [-0.1, -0.05) is 12.1 Å². The van der Waals surface area contributed by atoms with Crippen LogP contribution in [-0.4, -0.2) is 49.3 Å². The number of hydrogen-bond donors (Lipinski definition) is 1. The minimum atomic E-state index is -4.45. The Morgan fingerprint density at radius 2 is 2.18 bits per heavy atom. The van der Waals surface area contributed by atoms with Crippen LogP contribution >= 0.6 is 0 Å². The molecule has 2 aliphatic heterocycles. The van der Waals surface area contributed by atoms with Crippen molar-refractivity contribution in [3.8, 4) is 0 Å². The van der Waals surface area contributed by atoms with Crippen LogP contribution in [0.25, 0.3) is 0 Å². The second-order valence-electron chi connectivity index (χ2n) is 5.52. The summed E-state index contributed by atoms with van der Waals surface area (Å²) in [6, 6.07) is 5.38. The number of fused-ring (bicyclic) bond motifs is 1. The minimum Gasteiger partial charge on any atom is -0.384 e. The lowest BCUT2D eigenvalue weighted by atomic mass is 9.98. The van der Waals surface area contributed by atoms with E-state index in [0.717, 1.165) is 30.6 Å². The summed E-state index contributed by atoms with van der Waals surface area (Å²) >= 11 is 0. The van der Waals surface area contributed by atoms with E-state index in [1.54, 1.807) is 12.1 Å². The molecule has 0 aromatic heterocycles. The molecular weight excluding hydrogens is 297 g/mol. The molecule has 4 nitrogen and oxygen atoms in total. The lowest BCUT2D eigenvalue weighted by molar-refractivity contribution is -0.233. The van der Waals surface area contributed by atoms with Gasteiger partial charge in [-0.3, -0.25) is 4.79 Å². The first-order chi connectivity index (χ1) is 10.5. The third kappa shape index (κ3) is 2.90. The second kappa shape index (κ2) is 5.79. The minimum absolute atomic E-state index is 0.0988. The van der Waals surface area contributed by atoms with Crippen molar-refractivity contribution >= 4 is 11.6 Å². The van der Waals surface area contributed by atoms with E-state index in [1.807, 2.05) is 6.07 Å². The molecule has 1 atom stereocenters. The first-order valence-corrected chi connectivity index (χ1v) is 7.30. The smallest absolute Gasteiger partial charge is 0.384 e. The summed E-state index contributed by atoms with van der Waals surface area (Å²) in [4.78, 5) is 13.8. The van der Waals surface area contributed by atoms with Gasteiger partial charge in [-0.2, -0.15) is 13.2 Å². The molecule has 1 aromatic rings. The highest BCUT2D eigenvalue weighted by molar-refractivity contribution is 6.00. The molecule has 0 aliphatic carbocycles. The van der Waals surface area contributed by atoms with Gasteiger partial charge in [0.2, 0.25) is 0 Å². The number of rotatable bonds is 1. The summed E-state index contributed by atoms with van der Waals surface area (Å²) in [5.74, 6) is -0.371. The fourth-order valence-corrected chi connectivity index (χ4v) is 2.89. The predicted octanol–water partition coefficient (Wildman–Crippen LogP) is 2.45. The molecule has 1 saturated heterocycles. The van der Waals surface area contributed by atoms with Gasteiger partial charge in [-0.05, 0) is 24.5 Å². The van der Waals surface area contributed by atoms with E-state index in [4.69, 9.17) is 4.74 Å². The van der Waals surface area contributed by atoms with E-state index in [9.17, 15) is 18.0 Å². The Kier molecular flexibility index (Phi) is 3.99. The third-order valence-corrected chi connectivity index (χ3v) is 4.02. The number of aryl methyl sites for hydroxylation is 1. The van der Waals surface area contributed by atoms with E-state index < -0.39 is 18.8 Å². The number of benzene rings is 1. The first kappa shape index (κ1) is 15.1. The maximum atomic E-state index is 12.8. The Bertz CT molecular complexity index is 574. The molecule has 2 aliphatic rings. The Hall–Kier alpha value is -1.76. The average Bonchev–Trinajstić information content (AvgIpc) is 2.53. The fraction of sp³-hybridized carbons (Fsp3) is 0.533. The molecule has 3 rings (SSSR count). The Labute approximate surface area is 126 Å². The molecule has 0 spiro atoms. The van der Waals surface area contributed by atoms with Gasteiger partial charge in [-0.25, -0.2) is 0 Å². The van der Waals surface area contributed by atoms with Crippen LogP contribution in [0, 0.1) is 0 Å². The largest absolute Gasteiger partial charge is 0.416 e. The molecule has 7 heteroatoms. The highest BCUT2D eigenvalue weighted by atomic mass is 19.4. The molecule has 120 valence electrons. The Morgan fingerprint density at radius 3 is 2.95 bits per heavy atom. The number of nitrogens with one attached hydrogen (secondary N) is 1. The van der Waals surface area contributed by atoms with Crippen molar-refractivity contribution in [3.63, 3.8) is 0 Å². The van der Waals surface area contributed by atoms with Crippen LogP contribution in [0.4, 0.5) is 18.9 Å². The molecule has 0 radical (unpaired) electrons. The molecular formula is C15H17F3N2O2. The average molecular weight is 314 g/mol. The third-order valence-electron chi connectivity index (χ3n) is 4.02. The number of alkyl halides is 3. The fourth-order valence-electron chi connectivity index (χ4n) is 2.89. The zero-order valence-corrected chi connectivity index (χ0v) is 11.9. The lowest BCUT2D eigenvalue weighted by Gasteiger charge is -2.34. The standard InChI is InChI=1S/C15H17F3N2O2/c16-15(17,18)12-9-20(7-8-22-12)14(21)11-5-1-3-10-4-2-6-19-13(10)11/h1,3,5,12,19H,2,4,6-9H2. The van der Waals surface area contributed by atoms with Crippen LogP contribution in [0.2, 0.25) is 0 Å². The van der Waals surface area contributed by atoms with Gasteiger partial charge in [-0.15, -0.1) is 0 Å². The SMILES string of the molecule is O=C(c1cccc2c1NCCC2)N1CCOC(C(F)(F)F)C1. The normalized spacial score (nSPS) is 22.0. The highest BCUT2D eigenvalue weighted by Gasteiger charge is 2.44. The molecule has 1 fully saturated rings. The number of ether oxygens (including phenoxy) is 1. The highest BCUT2D eigenvalue weighted by Crippen LogP contribution is 2.29. The summed E-state index contributed by atoms with van der Waals surface area (Å²) in [6.07, 6.45) is -4.50. The second-order valence-corrected chi connectivity index (χ2v) is 5.52. The van der Waals surface area contributed by atoms with Crippen LogP contribution in [0.15, 0.2) is 18.2 Å². The summed E-state index contributed by atoms with van der Waals surface area (Å²) in [5, 5.41) is 3.19. The van der Waals surface area contributed by atoms with Crippen molar-refractivity contribution in [3.05, 3.63) is 29.3 Å². The maximum Gasteiger partial charge on any atom is 0.416 e. The van der Waals surface area contributed by atoms with Gasteiger partial charge in [0.15, 0.2) is 6.10 Å². The van der Waals surface area contributed by atoms with Crippen LogP contribution in [0.3, 0.4) is 0 Å². The van der Waals surface area contributed by atoms with Gasteiger partial charge in [0, 0.05) is 13.1 Å². The van der Waals surface area contributed by atoms with Crippen LogP contribution in [-0.2, 0) is 11.2 Å². The van der Waals surface area contributed by atoms with Gasteiger partial charge < -0.3 is 15.0 Å². The number of halogens is 3. The topological polar surface area (TPSA) is 41.6 Å². The number of para-hydroxylation sites is 1. The zero-order chi connectivity index (χ0) is 15.7. The van der Waals surface area contributed by atoms with Crippen LogP contribution < -0.4 is 5.32 Å². The summed E-state index contributed by atoms with van der Waals surface area (Å²) in [7, 11) is 0. The van der Waals surface area contributed by atoms with E-state index in [0.29, 0.717) is 5.56 Å². The van der Waals surface area contributed by atoms with Crippen molar-refractivity contribution in [2.24, 2.45) is 0 Å². The van der Waals surface area contributed by atoms with Crippen molar-refractivity contribution in [1.82, 2.24) is 4.90 Å². The van der Waals surface area contributed by atoms with Gasteiger partial charge in [0.05, 0.1) is 24.4 Å². The Balaban J connectivity index is 1.82. The summed E-state index contributed by atoms with van der Waals surface area (Å²) in [5.41, 5.74) is 2.24. The molecule has 22 heavy (non-hydrogen) atoms. The molecule has 0 saturated carbocycles. The van der Waals surface area contributed by atoms with Gasteiger partial charge in [0.1, 0.15) is 0 Å². The molecule has 1 unspecified atom stereocenters. The Morgan fingerprint density at radius 1 is 1.36 bits per heavy atom. The number of carbonyl (C=O) groups is 1. The number of nitrogens with zero attached hydrogens (tertiary/aromatic N) is 1. The van der Waals surface area contributed by atoms with Gasteiger partial charge in [0.25, 0.3) is 5.91 Å². The number of morpholine rings is 1. The summed E-state index contributed by atoms with van der Waals surface area (Å²) < 4.78 is 43.1. The van der Waals surface area contributed by atoms with Crippen LogP contribution in [0.1, 0.15) is 22.3 Å². The molecule has 1 aromatic carbocycles. The summed E-state index contributed by atoms with van der Waals surface area (Å²) in [6.45, 7) is 0.394. The van der Waals surface area contributed by atoms with Crippen molar-refractivity contribution in [2.75, 3.05) is 31.6 Å². The van der Waals surface area contributed by atoms with Gasteiger partial charge >= 0.3 is 6.18 Å². The first-order valence-electron chi connectivity index (χ1n) is 7.30.